The number of fused-ring (bicyclic) bond motifs is 1. The minimum atomic E-state index is -0.386. The molecule has 0 radical (unpaired) electrons. The number of ketones is 1. The summed E-state index contributed by atoms with van der Waals surface area (Å²) >= 11 is 1.38. The molecule has 0 atom stereocenters. The average Bonchev–Trinajstić information content (AvgIpc) is 3.13. The van der Waals surface area contributed by atoms with Crippen LogP contribution in [0.3, 0.4) is 0 Å². The second kappa shape index (κ2) is 8.68. The van der Waals surface area contributed by atoms with E-state index in [4.69, 9.17) is 9.47 Å². The molecule has 3 aromatic rings. The molecule has 2 aromatic carbocycles. The molecule has 0 aliphatic rings. The molecule has 1 aromatic heterocycles. The van der Waals surface area contributed by atoms with Gasteiger partial charge in [0.2, 0.25) is 0 Å². The van der Waals surface area contributed by atoms with E-state index in [1.54, 1.807) is 7.11 Å². The van der Waals surface area contributed by atoms with Crippen molar-refractivity contribution < 1.29 is 23.8 Å². The van der Waals surface area contributed by atoms with Crippen LogP contribution in [0.5, 0.6) is 11.5 Å². The van der Waals surface area contributed by atoms with Crippen LogP contribution in [-0.2, 0) is 16.1 Å². The van der Waals surface area contributed by atoms with Crippen LogP contribution in [0.2, 0.25) is 0 Å². The lowest BCUT2D eigenvalue weighted by Crippen LogP contribution is -2.04. The Bertz CT molecular complexity index is 946. The summed E-state index contributed by atoms with van der Waals surface area (Å²) in [6.07, 6.45) is 0.215. The fourth-order valence-electron chi connectivity index (χ4n) is 2.63. The van der Waals surface area contributed by atoms with E-state index in [0.29, 0.717) is 23.0 Å². The summed E-state index contributed by atoms with van der Waals surface area (Å²) in [5, 5.41) is 0.908. The number of Topliss-reactive ketones (excluding diaryl/α,β-unsaturated/α-hetero) is 1. The fraction of sp³-hybridized carbons (Fsp3) is 0.238. The van der Waals surface area contributed by atoms with E-state index < -0.39 is 0 Å². The van der Waals surface area contributed by atoms with Crippen molar-refractivity contribution in [2.45, 2.75) is 19.4 Å². The Labute approximate surface area is 161 Å². The van der Waals surface area contributed by atoms with Crippen molar-refractivity contribution in [1.29, 1.82) is 0 Å². The number of carbonyl (C=O) groups excluding carboxylic acids is 2. The highest BCUT2D eigenvalue weighted by atomic mass is 32.1. The molecule has 5 nitrogen and oxygen atoms in total. The second-order valence-electron chi connectivity index (χ2n) is 5.93. The molecule has 3 rings (SSSR count). The lowest BCUT2D eigenvalue weighted by molar-refractivity contribution is -0.140. The normalized spacial score (nSPS) is 10.6. The molecular weight excluding hydrogens is 364 g/mol. The minimum absolute atomic E-state index is 0.0766. The standard InChI is InChI=1S/C21H20O5S/c1-24-17-12-19-15(10-18(17)26-13-14-6-4-3-5-7-14)11-20(27-19)16(22)8-9-21(23)25-2/h3-7,10-12H,8-9,13H2,1-2H3. The van der Waals surface area contributed by atoms with Gasteiger partial charge < -0.3 is 14.2 Å². The Kier molecular flexibility index (Phi) is 6.08. The van der Waals surface area contributed by atoms with Gasteiger partial charge in [0.25, 0.3) is 0 Å². The van der Waals surface area contributed by atoms with Crippen molar-refractivity contribution in [3.63, 3.8) is 0 Å². The van der Waals surface area contributed by atoms with E-state index >= 15 is 0 Å². The Hall–Kier alpha value is -2.86. The largest absolute Gasteiger partial charge is 0.493 e. The van der Waals surface area contributed by atoms with E-state index in [2.05, 4.69) is 4.74 Å². The predicted molar refractivity (Wildman–Crippen MR) is 105 cm³/mol. The fourth-order valence-corrected chi connectivity index (χ4v) is 3.67. The summed E-state index contributed by atoms with van der Waals surface area (Å²) < 4.78 is 16.9. The Balaban J connectivity index is 1.79. The van der Waals surface area contributed by atoms with Crippen LogP contribution in [0.1, 0.15) is 28.1 Å². The van der Waals surface area contributed by atoms with Crippen LogP contribution < -0.4 is 9.47 Å². The molecule has 0 aliphatic heterocycles. The van der Waals surface area contributed by atoms with Gasteiger partial charge in [-0.3, -0.25) is 9.59 Å². The maximum atomic E-state index is 12.3. The SMILES string of the molecule is COC(=O)CCC(=O)c1cc2cc(OCc3ccccc3)c(OC)cc2s1. The van der Waals surface area contributed by atoms with Crippen molar-refractivity contribution >= 4 is 33.2 Å². The number of hydrogen-bond donors (Lipinski definition) is 0. The van der Waals surface area contributed by atoms with Crippen LogP contribution in [0.4, 0.5) is 0 Å². The number of rotatable bonds is 8. The quantitative estimate of drug-likeness (QED) is 0.419. The van der Waals surface area contributed by atoms with Crippen molar-refractivity contribution in [3.05, 3.63) is 59.0 Å². The summed E-state index contributed by atoms with van der Waals surface area (Å²) in [4.78, 5) is 24.2. The first-order valence-electron chi connectivity index (χ1n) is 8.49. The lowest BCUT2D eigenvalue weighted by Gasteiger charge is -2.11. The van der Waals surface area contributed by atoms with Gasteiger partial charge in [0.1, 0.15) is 6.61 Å². The summed E-state index contributed by atoms with van der Waals surface area (Å²) in [7, 11) is 2.90. The second-order valence-corrected chi connectivity index (χ2v) is 7.01. The minimum Gasteiger partial charge on any atom is -0.493 e. The first kappa shape index (κ1) is 18.9. The van der Waals surface area contributed by atoms with Gasteiger partial charge in [0.05, 0.1) is 25.5 Å². The molecule has 0 bridgehead atoms. The predicted octanol–water partition coefficient (Wildman–Crippen LogP) is 4.62. The highest BCUT2D eigenvalue weighted by molar-refractivity contribution is 7.20. The molecule has 0 unspecified atom stereocenters. The third kappa shape index (κ3) is 4.65. The first-order valence-corrected chi connectivity index (χ1v) is 9.30. The lowest BCUT2D eigenvalue weighted by atomic mass is 10.1. The summed E-state index contributed by atoms with van der Waals surface area (Å²) in [5.41, 5.74) is 1.06. The van der Waals surface area contributed by atoms with Gasteiger partial charge in [-0.25, -0.2) is 0 Å². The number of esters is 1. The van der Waals surface area contributed by atoms with Gasteiger partial charge in [-0.1, -0.05) is 30.3 Å². The average molecular weight is 384 g/mol. The molecule has 0 saturated carbocycles. The molecular formula is C21H20O5S. The van der Waals surface area contributed by atoms with Gasteiger partial charge >= 0.3 is 5.97 Å². The Morgan fingerprint density at radius 2 is 1.74 bits per heavy atom. The first-order chi connectivity index (χ1) is 13.1. The third-order valence-corrected chi connectivity index (χ3v) is 5.24. The Morgan fingerprint density at radius 1 is 0.963 bits per heavy atom. The van der Waals surface area contributed by atoms with Crippen molar-refractivity contribution in [2.24, 2.45) is 0 Å². The van der Waals surface area contributed by atoms with Crippen molar-refractivity contribution in [1.82, 2.24) is 0 Å². The van der Waals surface area contributed by atoms with Gasteiger partial charge in [-0.15, -0.1) is 11.3 Å². The van der Waals surface area contributed by atoms with Gasteiger partial charge in [0.15, 0.2) is 17.3 Å². The zero-order valence-corrected chi connectivity index (χ0v) is 16.0. The van der Waals surface area contributed by atoms with E-state index in [1.807, 2.05) is 48.5 Å². The molecule has 0 N–H and O–H groups in total. The monoisotopic (exact) mass is 384 g/mol. The van der Waals surface area contributed by atoms with Gasteiger partial charge in [-0.2, -0.15) is 0 Å². The van der Waals surface area contributed by atoms with E-state index in [0.717, 1.165) is 15.6 Å². The van der Waals surface area contributed by atoms with Gasteiger partial charge in [0, 0.05) is 17.2 Å². The van der Waals surface area contributed by atoms with Crippen LogP contribution in [0, 0.1) is 0 Å². The zero-order chi connectivity index (χ0) is 19.2. The number of hydrogen-bond acceptors (Lipinski definition) is 6. The Morgan fingerprint density at radius 3 is 2.44 bits per heavy atom. The van der Waals surface area contributed by atoms with E-state index in [1.165, 1.54) is 18.4 Å². The maximum Gasteiger partial charge on any atom is 0.305 e. The molecule has 0 fully saturated rings. The van der Waals surface area contributed by atoms with E-state index in [9.17, 15) is 9.59 Å². The molecule has 140 valence electrons. The number of carbonyl (C=O) groups is 2. The smallest absolute Gasteiger partial charge is 0.305 e. The van der Waals surface area contributed by atoms with Crippen LogP contribution in [-0.4, -0.2) is 26.0 Å². The molecule has 0 saturated heterocycles. The number of thiophene rings is 1. The van der Waals surface area contributed by atoms with Crippen LogP contribution in [0.25, 0.3) is 10.1 Å². The zero-order valence-electron chi connectivity index (χ0n) is 15.2. The maximum absolute atomic E-state index is 12.3. The molecule has 6 heteroatoms. The summed E-state index contributed by atoms with van der Waals surface area (Å²) in [6, 6.07) is 15.5. The van der Waals surface area contributed by atoms with E-state index in [-0.39, 0.29) is 24.6 Å². The van der Waals surface area contributed by atoms with Crippen LogP contribution >= 0.6 is 11.3 Å². The number of benzene rings is 2. The topological polar surface area (TPSA) is 61.8 Å². The summed E-state index contributed by atoms with van der Waals surface area (Å²) in [5.74, 6) is 0.782. The summed E-state index contributed by atoms with van der Waals surface area (Å²) in [6.45, 7) is 0.428. The van der Waals surface area contributed by atoms with Crippen molar-refractivity contribution in [2.75, 3.05) is 14.2 Å². The third-order valence-electron chi connectivity index (χ3n) is 4.10. The van der Waals surface area contributed by atoms with Gasteiger partial charge in [-0.05, 0) is 23.1 Å². The molecule has 0 spiro atoms. The molecule has 27 heavy (non-hydrogen) atoms. The number of ether oxygens (including phenoxy) is 3. The highest BCUT2D eigenvalue weighted by Crippen LogP contribution is 2.37. The molecule has 0 aliphatic carbocycles. The van der Waals surface area contributed by atoms with Crippen LogP contribution in [0.15, 0.2) is 48.5 Å². The van der Waals surface area contributed by atoms with Crippen molar-refractivity contribution in [3.8, 4) is 11.5 Å². The molecule has 1 heterocycles. The molecule has 0 amide bonds. The highest BCUT2D eigenvalue weighted by Gasteiger charge is 2.15. The number of methoxy groups -OCH3 is 2.